The van der Waals surface area contributed by atoms with Crippen molar-refractivity contribution < 1.29 is 61.8 Å². The standard InChI is InChI=1S/C32H50N2O13S2Si2/c1-31(2)25-21-23(48(35,36)37)13-15-27(25)33(17-11-19-50(41-5,42-6)43-7)29(31)47-30-32(3,4)26-22-24(49(38,39)40)14-16-28(26)34(30)18-12-20-51(44-8,45-9)46-10/h13-16,21-22,29H,11-12,17-20H2,1-10H3,(H-,35,36,37,38,39,40)/p+1. The topological polar surface area (TPSA) is 180 Å². The summed E-state index contributed by atoms with van der Waals surface area (Å²) in [5.74, 6) is 0.518. The highest BCUT2D eigenvalue weighted by Crippen LogP contribution is 2.49. The van der Waals surface area contributed by atoms with E-state index >= 15 is 0 Å². The van der Waals surface area contributed by atoms with Gasteiger partial charge >= 0.3 is 23.5 Å². The quantitative estimate of drug-likeness (QED) is 0.132. The highest BCUT2D eigenvalue weighted by molar-refractivity contribution is 7.86. The first-order valence-electron chi connectivity index (χ1n) is 16.3. The summed E-state index contributed by atoms with van der Waals surface area (Å²) in [4.78, 5) is 1.58. The molecule has 15 nitrogen and oxygen atoms in total. The number of benzene rings is 2. The predicted octanol–water partition coefficient (Wildman–Crippen LogP) is 4.19. The summed E-state index contributed by atoms with van der Waals surface area (Å²) in [6.45, 7) is 8.56. The fourth-order valence-electron chi connectivity index (χ4n) is 7.08. The third-order valence-electron chi connectivity index (χ3n) is 10.0. The van der Waals surface area contributed by atoms with Crippen molar-refractivity contribution in [2.45, 2.75) is 79.5 Å². The zero-order chi connectivity index (χ0) is 38.2. The second kappa shape index (κ2) is 15.2. The number of rotatable bonds is 17. The summed E-state index contributed by atoms with van der Waals surface area (Å²) in [6, 6.07) is 9.93. The molecule has 0 fully saturated rings. The first-order valence-corrected chi connectivity index (χ1v) is 23.1. The van der Waals surface area contributed by atoms with Gasteiger partial charge in [0.05, 0.1) is 9.79 Å². The SMILES string of the molecule is CO[Si](CCCN1c2ccc(S(=O)(=O)O)cc2C(C)(C)C1OC1=[N+](CCC[Si](OC)(OC)OC)c2ccc(S(=O)(=O)O)cc2C1(C)C)(OC)OC. The molecule has 0 aliphatic carbocycles. The molecule has 0 aromatic heterocycles. The van der Waals surface area contributed by atoms with Gasteiger partial charge in [0.1, 0.15) is 5.41 Å². The number of anilines is 1. The van der Waals surface area contributed by atoms with E-state index in [1.54, 1.807) is 54.8 Å². The van der Waals surface area contributed by atoms with Crippen LogP contribution < -0.4 is 4.90 Å². The van der Waals surface area contributed by atoms with Crippen LogP contribution in [0.3, 0.4) is 0 Å². The van der Waals surface area contributed by atoms with Crippen LogP contribution in [0.25, 0.3) is 0 Å². The van der Waals surface area contributed by atoms with E-state index in [-0.39, 0.29) is 9.79 Å². The van der Waals surface area contributed by atoms with Crippen molar-refractivity contribution in [1.82, 2.24) is 0 Å². The Morgan fingerprint density at radius 3 is 1.69 bits per heavy atom. The van der Waals surface area contributed by atoms with Gasteiger partial charge in [0, 0.05) is 90.4 Å². The molecule has 2 aromatic rings. The Bertz CT molecular complexity index is 1830. The Morgan fingerprint density at radius 1 is 0.725 bits per heavy atom. The van der Waals surface area contributed by atoms with E-state index in [4.69, 9.17) is 31.3 Å². The molecule has 0 radical (unpaired) electrons. The van der Waals surface area contributed by atoms with E-state index in [1.165, 1.54) is 24.3 Å². The Labute approximate surface area is 303 Å². The van der Waals surface area contributed by atoms with Crippen LogP contribution in [0.15, 0.2) is 46.2 Å². The Kier molecular flexibility index (Phi) is 12.4. The van der Waals surface area contributed by atoms with Crippen LogP contribution in [-0.4, -0.2) is 116 Å². The molecule has 2 aliphatic rings. The van der Waals surface area contributed by atoms with Crippen LogP contribution in [0.1, 0.15) is 51.7 Å². The van der Waals surface area contributed by atoms with Gasteiger partial charge in [0.2, 0.25) is 5.69 Å². The van der Waals surface area contributed by atoms with Crippen molar-refractivity contribution >= 4 is 55.1 Å². The molecule has 0 saturated heterocycles. The van der Waals surface area contributed by atoms with Gasteiger partial charge in [0.25, 0.3) is 20.2 Å². The van der Waals surface area contributed by atoms with Gasteiger partial charge in [-0.05, 0) is 56.2 Å². The molecule has 286 valence electrons. The number of nitrogens with zero attached hydrogens (tertiary/aromatic N) is 2. The van der Waals surface area contributed by atoms with Crippen molar-refractivity contribution in [2.24, 2.45) is 0 Å². The lowest BCUT2D eigenvalue weighted by Gasteiger charge is -2.35. The average Bonchev–Trinajstić information content (AvgIpc) is 3.42. The summed E-state index contributed by atoms with van der Waals surface area (Å²) in [7, 11) is -5.60. The number of hydrogen-bond acceptors (Lipinski definition) is 12. The first kappa shape index (κ1) is 41.5. The maximum absolute atomic E-state index is 12.2. The molecule has 2 aliphatic heterocycles. The molecule has 0 spiro atoms. The van der Waals surface area contributed by atoms with E-state index in [0.717, 1.165) is 5.69 Å². The summed E-state index contributed by atoms with van der Waals surface area (Å²) < 4.78 is 112. The highest BCUT2D eigenvalue weighted by Gasteiger charge is 2.55. The smallest absolute Gasteiger partial charge is 0.422 e. The molecular weight excluding hydrogens is 741 g/mol. The van der Waals surface area contributed by atoms with E-state index in [2.05, 4.69) is 4.90 Å². The second-order valence-corrected chi connectivity index (χ2v) is 22.6. The molecule has 4 rings (SSSR count). The minimum Gasteiger partial charge on any atom is -0.422 e. The van der Waals surface area contributed by atoms with E-state index < -0.39 is 54.9 Å². The summed E-state index contributed by atoms with van der Waals surface area (Å²) in [6.07, 6.45) is 0.415. The zero-order valence-corrected chi connectivity index (χ0v) is 34.5. The summed E-state index contributed by atoms with van der Waals surface area (Å²) in [5, 5.41) is 0. The van der Waals surface area contributed by atoms with Gasteiger partial charge < -0.3 is 36.2 Å². The number of fused-ring (bicyclic) bond motifs is 2. The molecule has 0 amide bonds. The molecular formula is C32H51N2O13S2Si2+. The Morgan fingerprint density at radius 2 is 1.20 bits per heavy atom. The van der Waals surface area contributed by atoms with E-state index in [0.29, 0.717) is 60.7 Å². The molecule has 2 N–H and O–H groups in total. The summed E-state index contributed by atoms with van der Waals surface area (Å²) >= 11 is 0. The van der Waals surface area contributed by atoms with Crippen molar-refractivity contribution in [3.8, 4) is 0 Å². The maximum Gasteiger partial charge on any atom is 0.500 e. The van der Waals surface area contributed by atoms with Crippen LogP contribution in [0.5, 0.6) is 0 Å². The fourth-order valence-corrected chi connectivity index (χ4v) is 11.5. The average molecular weight is 792 g/mol. The zero-order valence-electron chi connectivity index (χ0n) is 30.9. The van der Waals surface area contributed by atoms with Gasteiger partial charge in [-0.3, -0.25) is 9.11 Å². The van der Waals surface area contributed by atoms with E-state index in [1.807, 2.05) is 32.3 Å². The third kappa shape index (κ3) is 7.99. The second-order valence-electron chi connectivity index (χ2n) is 13.6. The molecule has 1 atom stereocenters. The van der Waals surface area contributed by atoms with Crippen LogP contribution in [0, 0.1) is 0 Å². The maximum atomic E-state index is 12.2. The van der Waals surface area contributed by atoms with Crippen LogP contribution in [0.4, 0.5) is 11.4 Å². The van der Waals surface area contributed by atoms with Crippen molar-refractivity contribution in [3.05, 3.63) is 47.5 Å². The Hall–Kier alpha value is -2.28. The van der Waals surface area contributed by atoms with Gasteiger partial charge in [-0.1, -0.05) is 13.8 Å². The molecule has 2 heterocycles. The van der Waals surface area contributed by atoms with Gasteiger partial charge in [-0.2, -0.15) is 21.4 Å². The molecule has 1 unspecified atom stereocenters. The summed E-state index contributed by atoms with van der Waals surface area (Å²) in [5.41, 5.74) is 0.984. The lowest BCUT2D eigenvalue weighted by atomic mass is 9.84. The largest absolute Gasteiger partial charge is 0.500 e. The van der Waals surface area contributed by atoms with Crippen LogP contribution in [0.2, 0.25) is 12.1 Å². The molecule has 51 heavy (non-hydrogen) atoms. The van der Waals surface area contributed by atoms with Crippen LogP contribution >= 0.6 is 0 Å². The molecule has 19 heteroatoms. The van der Waals surface area contributed by atoms with Gasteiger partial charge in [-0.15, -0.1) is 0 Å². The molecule has 0 bridgehead atoms. The lowest BCUT2D eigenvalue weighted by molar-refractivity contribution is -0.450. The first-order chi connectivity index (χ1) is 23.7. The minimum atomic E-state index is -4.51. The highest BCUT2D eigenvalue weighted by atomic mass is 32.2. The minimum absolute atomic E-state index is 0.234. The molecule has 2 aromatic carbocycles. The fraction of sp³-hybridized carbons (Fsp3) is 0.594. The van der Waals surface area contributed by atoms with Crippen LogP contribution in [-0.2, 0) is 62.4 Å². The third-order valence-corrected chi connectivity index (χ3v) is 17.4. The van der Waals surface area contributed by atoms with Crippen molar-refractivity contribution in [2.75, 3.05) is 60.6 Å². The van der Waals surface area contributed by atoms with Crippen molar-refractivity contribution in [1.29, 1.82) is 0 Å². The lowest BCUT2D eigenvalue weighted by Crippen LogP contribution is -2.49. The van der Waals surface area contributed by atoms with Gasteiger partial charge in [-0.25, -0.2) is 0 Å². The number of hydrogen-bond donors (Lipinski definition) is 2. The predicted molar refractivity (Wildman–Crippen MR) is 193 cm³/mol. The normalized spacial score (nSPS) is 18.7. The Balaban J connectivity index is 1.84. The van der Waals surface area contributed by atoms with E-state index in [9.17, 15) is 25.9 Å². The monoisotopic (exact) mass is 791 g/mol. The van der Waals surface area contributed by atoms with Crippen molar-refractivity contribution in [3.63, 3.8) is 0 Å². The molecule has 0 saturated carbocycles. The van der Waals surface area contributed by atoms with Gasteiger partial charge in [0.15, 0.2) is 12.8 Å². The number of ether oxygens (including phenoxy) is 1.